The molecule has 0 amide bonds. The lowest BCUT2D eigenvalue weighted by molar-refractivity contribution is -0.154. The van der Waals surface area contributed by atoms with Gasteiger partial charge in [-0.1, -0.05) is 173 Å². The molecule has 3 N–H and O–H groups in total. The van der Waals surface area contributed by atoms with Gasteiger partial charge in [-0.3, -0.25) is 13.8 Å². The highest BCUT2D eigenvalue weighted by atomic mass is 31.2. The maximum absolute atomic E-state index is 12.6. The molecular weight excluding hydrogens is 661 g/mol. The normalized spacial score (nSPS) is 13.7. The van der Waals surface area contributed by atoms with Crippen LogP contribution in [0.15, 0.2) is 24.3 Å². The zero-order valence-electron chi connectivity index (χ0n) is 33.3. The Kier molecular flexibility index (Phi) is 39.4. The van der Waals surface area contributed by atoms with Crippen LogP contribution < -0.4 is 5.73 Å². The first-order chi connectivity index (χ1) is 24.9. The fourth-order valence-electron chi connectivity index (χ4n) is 5.97. The van der Waals surface area contributed by atoms with Crippen LogP contribution in [-0.2, 0) is 27.9 Å². The summed E-state index contributed by atoms with van der Waals surface area (Å²) in [5.74, 6) is -0.330. The van der Waals surface area contributed by atoms with Gasteiger partial charge in [0, 0.05) is 19.6 Å². The van der Waals surface area contributed by atoms with Crippen LogP contribution in [0.3, 0.4) is 0 Å². The zero-order chi connectivity index (χ0) is 37.4. The Bertz CT molecular complexity index is 838. The SMILES string of the molecule is CCCCC/C=C\C/C=C\CCCCCCCCCCOCC(COP(=O)(O)OCCN)OC(=O)CCCCCCCCCCCCCCCC. The molecule has 8 nitrogen and oxygen atoms in total. The molecule has 9 heteroatoms. The van der Waals surface area contributed by atoms with Crippen LogP contribution in [0.2, 0.25) is 0 Å². The van der Waals surface area contributed by atoms with E-state index in [1.54, 1.807) is 0 Å². The van der Waals surface area contributed by atoms with E-state index in [0.29, 0.717) is 13.0 Å². The number of esters is 1. The van der Waals surface area contributed by atoms with E-state index in [4.69, 9.17) is 24.3 Å². The molecule has 0 heterocycles. The molecule has 51 heavy (non-hydrogen) atoms. The topological polar surface area (TPSA) is 117 Å². The van der Waals surface area contributed by atoms with Crippen LogP contribution in [-0.4, -0.2) is 49.9 Å². The summed E-state index contributed by atoms with van der Waals surface area (Å²) >= 11 is 0. The number of phosphoric ester groups is 1. The molecule has 0 spiro atoms. The monoisotopic (exact) mass is 744 g/mol. The molecule has 0 aromatic heterocycles. The fourth-order valence-corrected chi connectivity index (χ4v) is 6.73. The average Bonchev–Trinajstić information content (AvgIpc) is 3.12. The molecule has 2 unspecified atom stereocenters. The van der Waals surface area contributed by atoms with E-state index in [9.17, 15) is 14.3 Å². The lowest BCUT2D eigenvalue weighted by atomic mass is 10.0. The molecule has 0 aliphatic rings. The third-order valence-electron chi connectivity index (χ3n) is 9.12. The molecule has 0 saturated heterocycles. The highest BCUT2D eigenvalue weighted by molar-refractivity contribution is 7.47. The second-order valence-corrected chi connectivity index (χ2v) is 15.7. The number of ether oxygens (including phenoxy) is 2. The quantitative estimate of drug-likeness (QED) is 0.0275. The second kappa shape index (κ2) is 40.2. The average molecular weight is 744 g/mol. The second-order valence-electron chi connectivity index (χ2n) is 14.2. The molecule has 0 radical (unpaired) electrons. The number of phosphoric acid groups is 1. The molecule has 2 atom stereocenters. The van der Waals surface area contributed by atoms with Crippen molar-refractivity contribution in [1.29, 1.82) is 0 Å². The summed E-state index contributed by atoms with van der Waals surface area (Å²) in [6.45, 7) is 4.91. The third-order valence-corrected chi connectivity index (χ3v) is 10.1. The Hall–Kier alpha value is -1.02. The number of unbranched alkanes of at least 4 members (excludes halogenated alkanes) is 24. The standard InChI is InChI=1S/C42H82NO7P/c1-3-5-7-9-11-13-15-17-19-20-21-22-24-26-28-30-32-34-37-47-39-41(40-49-51(45,46)48-38-36-43)50-42(44)35-33-31-29-27-25-23-18-16-14-12-10-8-6-4-2/h11,13,17,19,41H,3-10,12,14-16,18,20-40,43H2,1-2H3,(H,45,46)/b13-11-,19-17-. The zero-order valence-corrected chi connectivity index (χ0v) is 34.2. The van der Waals surface area contributed by atoms with Gasteiger partial charge in [-0.25, -0.2) is 4.57 Å². The van der Waals surface area contributed by atoms with Crippen molar-refractivity contribution in [2.24, 2.45) is 5.73 Å². The van der Waals surface area contributed by atoms with E-state index in [1.807, 2.05) is 0 Å². The van der Waals surface area contributed by atoms with Crippen molar-refractivity contribution in [2.75, 3.05) is 33.0 Å². The summed E-state index contributed by atoms with van der Waals surface area (Å²) in [6, 6.07) is 0. The Labute approximate surface area is 315 Å². The first-order valence-electron chi connectivity index (χ1n) is 21.3. The van der Waals surface area contributed by atoms with E-state index >= 15 is 0 Å². The number of carbonyl (C=O) groups excluding carboxylic acids is 1. The maximum Gasteiger partial charge on any atom is 0.472 e. The summed E-state index contributed by atoms with van der Waals surface area (Å²) in [5.41, 5.74) is 5.36. The van der Waals surface area contributed by atoms with Gasteiger partial charge in [-0.2, -0.15) is 0 Å². The van der Waals surface area contributed by atoms with Crippen LogP contribution in [0.25, 0.3) is 0 Å². The van der Waals surface area contributed by atoms with Crippen molar-refractivity contribution in [1.82, 2.24) is 0 Å². The van der Waals surface area contributed by atoms with Crippen molar-refractivity contribution in [3.05, 3.63) is 24.3 Å². The van der Waals surface area contributed by atoms with Gasteiger partial charge in [0.1, 0.15) is 6.10 Å². The van der Waals surface area contributed by atoms with Gasteiger partial charge in [-0.05, 0) is 44.9 Å². The first kappa shape index (κ1) is 50.0. The number of hydrogen-bond donors (Lipinski definition) is 2. The summed E-state index contributed by atoms with van der Waals surface area (Å²) in [7, 11) is -4.27. The molecular formula is C42H82NO7P. The van der Waals surface area contributed by atoms with Crippen LogP contribution >= 0.6 is 7.82 Å². The van der Waals surface area contributed by atoms with E-state index in [-0.39, 0.29) is 32.3 Å². The third kappa shape index (κ3) is 40.0. The molecule has 0 aromatic rings. The molecule has 0 aliphatic heterocycles. The van der Waals surface area contributed by atoms with Gasteiger partial charge < -0.3 is 20.1 Å². The predicted molar refractivity (Wildman–Crippen MR) is 215 cm³/mol. The highest BCUT2D eigenvalue weighted by Crippen LogP contribution is 2.43. The van der Waals surface area contributed by atoms with Crippen LogP contribution in [0.1, 0.15) is 200 Å². The predicted octanol–water partition coefficient (Wildman–Crippen LogP) is 12.5. The Balaban J connectivity index is 4.02. The number of allylic oxidation sites excluding steroid dienone is 4. The summed E-state index contributed by atoms with van der Waals surface area (Å²) in [5, 5.41) is 0. The van der Waals surface area contributed by atoms with Crippen molar-refractivity contribution >= 4 is 13.8 Å². The van der Waals surface area contributed by atoms with Crippen molar-refractivity contribution in [2.45, 2.75) is 206 Å². The number of hydrogen-bond acceptors (Lipinski definition) is 7. The summed E-state index contributed by atoms with van der Waals surface area (Å²) in [6.07, 6.45) is 43.3. The number of nitrogens with two attached hydrogens (primary N) is 1. The first-order valence-corrected chi connectivity index (χ1v) is 22.8. The van der Waals surface area contributed by atoms with E-state index in [0.717, 1.165) is 38.5 Å². The van der Waals surface area contributed by atoms with Crippen molar-refractivity contribution in [3.8, 4) is 0 Å². The van der Waals surface area contributed by atoms with Gasteiger partial charge in [0.2, 0.25) is 0 Å². The van der Waals surface area contributed by atoms with Crippen LogP contribution in [0, 0.1) is 0 Å². The minimum atomic E-state index is -4.27. The van der Waals surface area contributed by atoms with E-state index in [1.165, 1.54) is 141 Å². The highest BCUT2D eigenvalue weighted by Gasteiger charge is 2.25. The number of carbonyl (C=O) groups is 1. The Morgan fingerprint density at radius 2 is 1.04 bits per heavy atom. The molecule has 0 rings (SSSR count). The van der Waals surface area contributed by atoms with E-state index < -0.39 is 13.9 Å². The van der Waals surface area contributed by atoms with Gasteiger partial charge in [0.15, 0.2) is 0 Å². The lowest BCUT2D eigenvalue weighted by Gasteiger charge is -2.20. The Morgan fingerprint density at radius 3 is 1.57 bits per heavy atom. The minimum absolute atomic E-state index is 0.0947. The molecule has 0 aromatic carbocycles. The molecule has 0 bridgehead atoms. The lowest BCUT2D eigenvalue weighted by Crippen LogP contribution is -2.28. The van der Waals surface area contributed by atoms with Crippen LogP contribution in [0.5, 0.6) is 0 Å². The van der Waals surface area contributed by atoms with Gasteiger partial charge in [0.25, 0.3) is 0 Å². The maximum atomic E-state index is 12.6. The summed E-state index contributed by atoms with van der Waals surface area (Å²) < 4.78 is 33.4. The molecule has 0 aliphatic carbocycles. The largest absolute Gasteiger partial charge is 0.472 e. The number of rotatable bonds is 41. The van der Waals surface area contributed by atoms with Gasteiger partial charge in [-0.15, -0.1) is 0 Å². The summed E-state index contributed by atoms with van der Waals surface area (Å²) in [4.78, 5) is 22.4. The Morgan fingerprint density at radius 1 is 0.588 bits per heavy atom. The minimum Gasteiger partial charge on any atom is -0.457 e. The molecule has 0 saturated carbocycles. The van der Waals surface area contributed by atoms with E-state index in [2.05, 4.69) is 38.2 Å². The van der Waals surface area contributed by atoms with Crippen molar-refractivity contribution in [3.63, 3.8) is 0 Å². The van der Waals surface area contributed by atoms with Crippen molar-refractivity contribution < 1.29 is 32.8 Å². The van der Waals surface area contributed by atoms with Gasteiger partial charge >= 0.3 is 13.8 Å². The smallest absolute Gasteiger partial charge is 0.457 e. The molecule has 0 fully saturated rings. The molecule has 302 valence electrons. The van der Waals surface area contributed by atoms with Gasteiger partial charge in [0.05, 0.1) is 19.8 Å². The van der Waals surface area contributed by atoms with Crippen LogP contribution in [0.4, 0.5) is 0 Å². The fraction of sp³-hybridized carbons (Fsp3) is 0.881.